The first-order chi connectivity index (χ1) is 9.22. The van der Waals surface area contributed by atoms with E-state index in [-0.39, 0.29) is 5.82 Å². The largest absolute Gasteiger partial charge is 0.381 e. The molecule has 1 nitrogen and oxygen atoms in total. The second-order valence-corrected chi connectivity index (χ2v) is 5.55. The van der Waals surface area contributed by atoms with E-state index >= 15 is 0 Å². The molecule has 3 rings (SSSR count). The van der Waals surface area contributed by atoms with Crippen molar-refractivity contribution in [3.05, 3.63) is 64.8 Å². The molecular formula is C16H14FNS. The Kier molecular flexibility index (Phi) is 3.22. The van der Waals surface area contributed by atoms with Crippen LogP contribution in [0, 0.1) is 12.7 Å². The Morgan fingerprint density at radius 3 is 2.89 bits per heavy atom. The number of aryl methyl sites for hydroxylation is 1. The molecule has 0 radical (unpaired) electrons. The molecule has 0 fully saturated rings. The van der Waals surface area contributed by atoms with Crippen molar-refractivity contribution in [3.63, 3.8) is 0 Å². The van der Waals surface area contributed by atoms with Gasteiger partial charge in [0, 0.05) is 16.9 Å². The van der Waals surface area contributed by atoms with Crippen LogP contribution in [0.5, 0.6) is 0 Å². The molecule has 0 saturated carbocycles. The Labute approximate surface area is 115 Å². The lowest BCUT2D eigenvalue weighted by Gasteiger charge is -2.09. The van der Waals surface area contributed by atoms with Gasteiger partial charge in [0.15, 0.2) is 0 Å². The molecule has 0 bridgehead atoms. The molecule has 0 saturated heterocycles. The van der Waals surface area contributed by atoms with Gasteiger partial charge in [-0.25, -0.2) is 4.39 Å². The molecule has 0 aliphatic carbocycles. The van der Waals surface area contributed by atoms with E-state index in [0.717, 1.165) is 16.8 Å². The molecule has 1 heterocycles. The average Bonchev–Trinajstić information content (AvgIpc) is 2.87. The van der Waals surface area contributed by atoms with Gasteiger partial charge in [0.1, 0.15) is 5.82 Å². The van der Waals surface area contributed by atoms with Crippen LogP contribution in [-0.2, 0) is 6.54 Å². The highest BCUT2D eigenvalue weighted by molar-refractivity contribution is 7.17. The molecule has 0 spiro atoms. The SMILES string of the molecule is Cc1ccc(F)cc1CNc1ccc2sccc2c1. The molecule has 0 unspecified atom stereocenters. The highest BCUT2D eigenvalue weighted by Gasteiger charge is 2.02. The maximum atomic E-state index is 13.2. The number of rotatable bonds is 3. The number of hydrogen-bond donors (Lipinski definition) is 1. The number of thiophene rings is 1. The van der Waals surface area contributed by atoms with Crippen LogP contribution < -0.4 is 5.32 Å². The van der Waals surface area contributed by atoms with Crippen molar-refractivity contribution in [1.82, 2.24) is 0 Å². The van der Waals surface area contributed by atoms with Crippen LogP contribution in [0.25, 0.3) is 10.1 Å². The predicted octanol–water partition coefficient (Wildman–Crippen LogP) is 4.96. The molecule has 96 valence electrons. The Morgan fingerprint density at radius 2 is 2.00 bits per heavy atom. The van der Waals surface area contributed by atoms with Crippen molar-refractivity contribution in [2.45, 2.75) is 13.5 Å². The van der Waals surface area contributed by atoms with Crippen molar-refractivity contribution in [2.75, 3.05) is 5.32 Å². The highest BCUT2D eigenvalue weighted by Crippen LogP contribution is 2.24. The fourth-order valence-electron chi connectivity index (χ4n) is 2.10. The quantitative estimate of drug-likeness (QED) is 0.710. The summed E-state index contributed by atoms with van der Waals surface area (Å²) in [7, 11) is 0. The van der Waals surface area contributed by atoms with Crippen molar-refractivity contribution in [1.29, 1.82) is 0 Å². The summed E-state index contributed by atoms with van der Waals surface area (Å²) in [5.41, 5.74) is 3.16. The summed E-state index contributed by atoms with van der Waals surface area (Å²) in [6, 6.07) is 13.3. The van der Waals surface area contributed by atoms with Crippen LogP contribution in [-0.4, -0.2) is 0 Å². The first-order valence-corrected chi connectivity index (χ1v) is 7.06. The third kappa shape index (κ3) is 2.61. The lowest BCUT2D eigenvalue weighted by molar-refractivity contribution is 0.625. The molecule has 19 heavy (non-hydrogen) atoms. The van der Waals surface area contributed by atoms with Gasteiger partial charge in [-0.05, 0) is 65.2 Å². The van der Waals surface area contributed by atoms with Crippen LogP contribution in [0.4, 0.5) is 10.1 Å². The fraction of sp³-hybridized carbons (Fsp3) is 0.125. The number of benzene rings is 2. The predicted molar refractivity (Wildman–Crippen MR) is 80.3 cm³/mol. The molecule has 2 aromatic carbocycles. The number of fused-ring (bicyclic) bond motifs is 1. The average molecular weight is 271 g/mol. The number of anilines is 1. The summed E-state index contributed by atoms with van der Waals surface area (Å²) < 4.78 is 14.5. The van der Waals surface area contributed by atoms with Crippen LogP contribution >= 0.6 is 11.3 Å². The van der Waals surface area contributed by atoms with Gasteiger partial charge in [-0.2, -0.15) is 0 Å². The molecule has 3 heteroatoms. The third-order valence-corrected chi connectivity index (χ3v) is 4.14. The smallest absolute Gasteiger partial charge is 0.123 e. The molecule has 0 atom stereocenters. The fourth-order valence-corrected chi connectivity index (χ4v) is 2.88. The lowest BCUT2D eigenvalue weighted by atomic mass is 10.1. The lowest BCUT2D eigenvalue weighted by Crippen LogP contribution is -2.01. The Bertz CT molecular complexity index is 718. The third-order valence-electron chi connectivity index (χ3n) is 3.25. The number of hydrogen-bond acceptors (Lipinski definition) is 2. The molecule has 3 aromatic rings. The number of halogens is 1. The first kappa shape index (κ1) is 12.2. The van der Waals surface area contributed by atoms with E-state index in [1.807, 2.05) is 13.0 Å². The van der Waals surface area contributed by atoms with Gasteiger partial charge in [-0.1, -0.05) is 6.07 Å². The molecule has 0 aliphatic rings. The Balaban J connectivity index is 1.79. The van der Waals surface area contributed by atoms with Gasteiger partial charge in [-0.15, -0.1) is 11.3 Å². The maximum Gasteiger partial charge on any atom is 0.123 e. The zero-order chi connectivity index (χ0) is 13.2. The van der Waals surface area contributed by atoms with E-state index in [0.29, 0.717) is 6.54 Å². The summed E-state index contributed by atoms with van der Waals surface area (Å²) in [4.78, 5) is 0. The van der Waals surface area contributed by atoms with E-state index in [4.69, 9.17) is 0 Å². The van der Waals surface area contributed by atoms with Crippen LogP contribution in [0.15, 0.2) is 47.8 Å². The summed E-state index contributed by atoms with van der Waals surface area (Å²) >= 11 is 1.74. The summed E-state index contributed by atoms with van der Waals surface area (Å²) in [6.07, 6.45) is 0. The minimum absolute atomic E-state index is 0.185. The van der Waals surface area contributed by atoms with Gasteiger partial charge in [0.25, 0.3) is 0 Å². The van der Waals surface area contributed by atoms with Crippen molar-refractivity contribution in [2.24, 2.45) is 0 Å². The molecule has 1 N–H and O–H groups in total. The highest BCUT2D eigenvalue weighted by atomic mass is 32.1. The first-order valence-electron chi connectivity index (χ1n) is 6.18. The van der Waals surface area contributed by atoms with Gasteiger partial charge < -0.3 is 5.32 Å². The maximum absolute atomic E-state index is 13.2. The zero-order valence-electron chi connectivity index (χ0n) is 10.6. The molecular weight excluding hydrogens is 257 g/mol. The van der Waals surface area contributed by atoms with E-state index in [1.165, 1.54) is 16.2 Å². The summed E-state index contributed by atoms with van der Waals surface area (Å²) in [5, 5.41) is 6.68. The number of nitrogens with one attached hydrogen (secondary N) is 1. The van der Waals surface area contributed by atoms with Crippen LogP contribution in [0.1, 0.15) is 11.1 Å². The van der Waals surface area contributed by atoms with Crippen LogP contribution in [0.2, 0.25) is 0 Å². The monoisotopic (exact) mass is 271 g/mol. The Hall–Kier alpha value is -1.87. The second kappa shape index (κ2) is 5.02. The van der Waals surface area contributed by atoms with Crippen molar-refractivity contribution < 1.29 is 4.39 Å². The minimum Gasteiger partial charge on any atom is -0.381 e. The van der Waals surface area contributed by atoms with E-state index in [9.17, 15) is 4.39 Å². The zero-order valence-corrected chi connectivity index (χ0v) is 11.4. The van der Waals surface area contributed by atoms with Crippen molar-refractivity contribution in [3.8, 4) is 0 Å². The standard InChI is InChI=1S/C16H14FNS/c1-11-2-3-14(17)8-13(11)10-18-15-4-5-16-12(9-15)6-7-19-16/h2-9,18H,10H2,1H3. The van der Waals surface area contributed by atoms with E-state index in [2.05, 4.69) is 35.0 Å². The second-order valence-electron chi connectivity index (χ2n) is 4.60. The normalized spacial score (nSPS) is 10.8. The van der Waals surface area contributed by atoms with Gasteiger partial charge in [0.05, 0.1) is 0 Å². The van der Waals surface area contributed by atoms with Gasteiger partial charge in [-0.3, -0.25) is 0 Å². The van der Waals surface area contributed by atoms with Gasteiger partial charge >= 0.3 is 0 Å². The molecule has 0 amide bonds. The minimum atomic E-state index is -0.185. The van der Waals surface area contributed by atoms with Crippen LogP contribution in [0.3, 0.4) is 0 Å². The Morgan fingerprint density at radius 1 is 1.11 bits per heavy atom. The van der Waals surface area contributed by atoms with Crippen molar-refractivity contribution >= 4 is 27.1 Å². The summed E-state index contributed by atoms with van der Waals surface area (Å²) in [6.45, 7) is 2.64. The summed E-state index contributed by atoms with van der Waals surface area (Å²) in [5.74, 6) is -0.185. The van der Waals surface area contributed by atoms with E-state index < -0.39 is 0 Å². The molecule has 1 aromatic heterocycles. The van der Waals surface area contributed by atoms with Gasteiger partial charge in [0.2, 0.25) is 0 Å². The topological polar surface area (TPSA) is 12.0 Å². The molecule has 0 aliphatic heterocycles. The van der Waals surface area contributed by atoms with E-state index in [1.54, 1.807) is 17.4 Å².